The molecule has 0 heterocycles. The monoisotopic (exact) mass is 311 g/mol. The van der Waals surface area contributed by atoms with E-state index in [2.05, 4.69) is 15.9 Å². The normalized spacial score (nSPS) is 13.1. The zero-order valence-electron chi connectivity index (χ0n) is 9.42. The zero-order valence-corrected chi connectivity index (χ0v) is 11.8. The SMILES string of the molecule is CC(C)(C)[C@H](N)c1c(Br)ccc(F)c1O.Cl. The van der Waals surface area contributed by atoms with Crippen LogP contribution in [0.15, 0.2) is 16.6 Å². The Labute approximate surface area is 110 Å². The van der Waals surface area contributed by atoms with Crippen molar-refractivity contribution in [1.29, 1.82) is 0 Å². The van der Waals surface area contributed by atoms with Crippen molar-refractivity contribution in [2.24, 2.45) is 11.1 Å². The molecule has 0 saturated heterocycles. The summed E-state index contributed by atoms with van der Waals surface area (Å²) in [7, 11) is 0. The van der Waals surface area contributed by atoms with Crippen LogP contribution in [0.25, 0.3) is 0 Å². The van der Waals surface area contributed by atoms with Gasteiger partial charge in [0.2, 0.25) is 0 Å². The smallest absolute Gasteiger partial charge is 0.165 e. The third-order valence-corrected chi connectivity index (χ3v) is 3.05. The molecule has 0 aliphatic carbocycles. The van der Waals surface area contributed by atoms with Gasteiger partial charge in [-0.2, -0.15) is 0 Å². The number of hydrogen-bond donors (Lipinski definition) is 2. The second-order valence-corrected chi connectivity index (χ2v) is 5.49. The molecule has 2 nitrogen and oxygen atoms in total. The van der Waals surface area contributed by atoms with E-state index >= 15 is 0 Å². The van der Waals surface area contributed by atoms with Crippen molar-refractivity contribution in [3.05, 3.63) is 28.0 Å². The van der Waals surface area contributed by atoms with Crippen molar-refractivity contribution in [2.75, 3.05) is 0 Å². The molecule has 0 bridgehead atoms. The number of rotatable bonds is 1. The molecule has 1 aromatic rings. The fourth-order valence-electron chi connectivity index (χ4n) is 1.29. The van der Waals surface area contributed by atoms with E-state index in [1.54, 1.807) is 6.07 Å². The molecule has 5 heteroatoms. The van der Waals surface area contributed by atoms with E-state index in [1.807, 2.05) is 20.8 Å². The van der Waals surface area contributed by atoms with E-state index in [1.165, 1.54) is 6.07 Å². The Morgan fingerprint density at radius 3 is 2.31 bits per heavy atom. The summed E-state index contributed by atoms with van der Waals surface area (Å²) < 4.78 is 13.8. The van der Waals surface area contributed by atoms with Crippen LogP contribution < -0.4 is 5.73 Å². The Morgan fingerprint density at radius 1 is 1.38 bits per heavy atom. The predicted octanol–water partition coefficient (Wildman–Crippen LogP) is 3.76. The second kappa shape index (κ2) is 5.34. The standard InChI is InChI=1S/C11H15BrFNO.ClH/c1-11(2,3)10(14)8-6(12)4-5-7(13)9(8)15;/h4-5,10,15H,14H2,1-3H3;1H/t10-;/m1./s1. The number of halogens is 3. The van der Waals surface area contributed by atoms with Gasteiger partial charge in [0.05, 0.1) is 0 Å². The first-order valence-electron chi connectivity index (χ1n) is 4.67. The maximum absolute atomic E-state index is 13.2. The molecule has 0 saturated carbocycles. The number of phenolic OH excluding ortho intramolecular Hbond substituents is 1. The molecular formula is C11H16BrClFNO. The number of hydrogen-bond acceptors (Lipinski definition) is 2. The van der Waals surface area contributed by atoms with Crippen molar-refractivity contribution in [1.82, 2.24) is 0 Å². The highest BCUT2D eigenvalue weighted by Gasteiger charge is 2.27. The van der Waals surface area contributed by atoms with E-state index in [0.717, 1.165) is 0 Å². The molecular weight excluding hydrogens is 296 g/mol. The van der Waals surface area contributed by atoms with E-state index in [0.29, 0.717) is 10.0 Å². The summed E-state index contributed by atoms with van der Waals surface area (Å²) in [5, 5.41) is 9.63. The van der Waals surface area contributed by atoms with Gasteiger partial charge in [0.15, 0.2) is 11.6 Å². The van der Waals surface area contributed by atoms with Gasteiger partial charge in [-0.3, -0.25) is 0 Å². The minimum absolute atomic E-state index is 0. The highest BCUT2D eigenvalue weighted by Crippen LogP contribution is 2.40. The van der Waals surface area contributed by atoms with Gasteiger partial charge in [0.1, 0.15) is 0 Å². The van der Waals surface area contributed by atoms with Gasteiger partial charge in [0, 0.05) is 16.1 Å². The molecule has 0 aliphatic rings. The molecule has 1 atom stereocenters. The van der Waals surface area contributed by atoms with E-state index in [4.69, 9.17) is 5.73 Å². The molecule has 92 valence electrons. The fraction of sp³-hybridized carbons (Fsp3) is 0.455. The average Bonchev–Trinajstić information content (AvgIpc) is 2.10. The molecule has 0 radical (unpaired) electrons. The lowest BCUT2D eigenvalue weighted by Crippen LogP contribution is -2.26. The largest absolute Gasteiger partial charge is 0.505 e. The first-order chi connectivity index (χ1) is 6.75. The molecule has 0 spiro atoms. The highest BCUT2D eigenvalue weighted by atomic mass is 79.9. The van der Waals surface area contributed by atoms with Crippen LogP contribution in [0.2, 0.25) is 0 Å². The molecule has 1 rings (SSSR count). The van der Waals surface area contributed by atoms with Gasteiger partial charge in [-0.05, 0) is 17.5 Å². The van der Waals surface area contributed by atoms with Gasteiger partial charge in [0.25, 0.3) is 0 Å². The summed E-state index contributed by atoms with van der Waals surface area (Å²) in [4.78, 5) is 0. The number of phenols is 1. The van der Waals surface area contributed by atoms with Gasteiger partial charge in [-0.1, -0.05) is 36.7 Å². The first kappa shape index (κ1) is 15.7. The van der Waals surface area contributed by atoms with Crippen LogP contribution in [0.3, 0.4) is 0 Å². The summed E-state index contributed by atoms with van der Waals surface area (Å²) >= 11 is 3.27. The van der Waals surface area contributed by atoms with E-state index in [9.17, 15) is 9.50 Å². The lowest BCUT2D eigenvalue weighted by atomic mass is 9.82. The maximum atomic E-state index is 13.2. The molecule has 0 aliphatic heterocycles. The maximum Gasteiger partial charge on any atom is 0.165 e. The Hall–Kier alpha value is -0.320. The Morgan fingerprint density at radius 2 is 1.88 bits per heavy atom. The van der Waals surface area contributed by atoms with Crippen molar-refractivity contribution in [3.63, 3.8) is 0 Å². The highest BCUT2D eigenvalue weighted by molar-refractivity contribution is 9.10. The molecule has 0 fully saturated rings. The molecule has 0 amide bonds. The Bertz CT molecular complexity index is 379. The first-order valence-corrected chi connectivity index (χ1v) is 5.47. The van der Waals surface area contributed by atoms with Gasteiger partial charge < -0.3 is 10.8 Å². The van der Waals surface area contributed by atoms with Crippen LogP contribution in [0.4, 0.5) is 4.39 Å². The summed E-state index contributed by atoms with van der Waals surface area (Å²) in [6, 6.07) is 2.33. The predicted molar refractivity (Wildman–Crippen MR) is 69.4 cm³/mol. The summed E-state index contributed by atoms with van der Waals surface area (Å²) in [5.74, 6) is -1.01. The van der Waals surface area contributed by atoms with Crippen LogP contribution in [0.5, 0.6) is 5.75 Å². The second-order valence-electron chi connectivity index (χ2n) is 4.64. The van der Waals surface area contributed by atoms with Gasteiger partial charge in [-0.25, -0.2) is 4.39 Å². The van der Waals surface area contributed by atoms with Gasteiger partial charge in [-0.15, -0.1) is 12.4 Å². The lowest BCUT2D eigenvalue weighted by Gasteiger charge is -2.28. The zero-order chi connectivity index (χ0) is 11.8. The molecule has 3 N–H and O–H groups in total. The molecule has 0 aromatic heterocycles. The number of benzene rings is 1. The van der Waals surface area contributed by atoms with Crippen LogP contribution in [-0.2, 0) is 0 Å². The summed E-state index contributed by atoms with van der Waals surface area (Å²) in [6.45, 7) is 5.82. The van der Waals surface area contributed by atoms with Crippen molar-refractivity contribution < 1.29 is 9.50 Å². The average molecular weight is 313 g/mol. The Kier molecular flexibility index (Phi) is 5.23. The van der Waals surface area contributed by atoms with Crippen molar-refractivity contribution >= 4 is 28.3 Å². The fourth-order valence-corrected chi connectivity index (χ4v) is 1.85. The molecule has 16 heavy (non-hydrogen) atoms. The summed E-state index contributed by atoms with van der Waals surface area (Å²) in [6.07, 6.45) is 0. The van der Waals surface area contributed by atoms with Crippen molar-refractivity contribution in [3.8, 4) is 5.75 Å². The minimum Gasteiger partial charge on any atom is -0.505 e. The minimum atomic E-state index is -0.645. The summed E-state index contributed by atoms with van der Waals surface area (Å²) in [5.41, 5.74) is 6.16. The topological polar surface area (TPSA) is 46.2 Å². The van der Waals surface area contributed by atoms with Crippen LogP contribution in [0.1, 0.15) is 32.4 Å². The van der Waals surface area contributed by atoms with Crippen molar-refractivity contribution in [2.45, 2.75) is 26.8 Å². The number of aromatic hydroxyl groups is 1. The third-order valence-electron chi connectivity index (χ3n) is 2.36. The van der Waals surface area contributed by atoms with E-state index in [-0.39, 0.29) is 23.6 Å². The Balaban J connectivity index is 0.00000225. The quantitative estimate of drug-likeness (QED) is 0.829. The van der Waals surface area contributed by atoms with Crippen LogP contribution in [-0.4, -0.2) is 5.11 Å². The van der Waals surface area contributed by atoms with Crippen LogP contribution in [0, 0.1) is 11.2 Å². The molecule has 0 unspecified atom stereocenters. The van der Waals surface area contributed by atoms with Gasteiger partial charge >= 0.3 is 0 Å². The van der Waals surface area contributed by atoms with Crippen LogP contribution >= 0.6 is 28.3 Å². The lowest BCUT2D eigenvalue weighted by molar-refractivity contribution is 0.312. The van der Waals surface area contributed by atoms with E-state index < -0.39 is 11.9 Å². The third kappa shape index (κ3) is 3.09. The number of nitrogens with two attached hydrogens (primary N) is 1. The molecule has 1 aromatic carbocycles.